The van der Waals surface area contributed by atoms with Gasteiger partial charge in [0, 0.05) is 30.1 Å². The molecule has 25 heavy (non-hydrogen) atoms. The van der Waals surface area contributed by atoms with Gasteiger partial charge in [-0.25, -0.2) is 4.79 Å². The number of carbonyl (C=O) groups excluding carboxylic acids is 2. The molecule has 0 saturated carbocycles. The monoisotopic (exact) mass is 343 g/mol. The number of hydrogen-bond donors (Lipinski definition) is 1. The summed E-state index contributed by atoms with van der Waals surface area (Å²) in [7, 11) is 3.40. The van der Waals surface area contributed by atoms with Crippen molar-refractivity contribution in [1.29, 1.82) is 0 Å². The van der Waals surface area contributed by atoms with Gasteiger partial charge in [0.2, 0.25) is 0 Å². The van der Waals surface area contributed by atoms with E-state index in [9.17, 15) is 9.59 Å². The Morgan fingerprint density at radius 3 is 2.48 bits per heavy atom. The minimum absolute atomic E-state index is 0.361. The van der Waals surface area contributed by atoms with Crippen LogP contribution in [0.25, 0.3) is 6.08 Å². The molecule has 1 heterocycles. The number of anilines is 1. The van der Waals surface area contributed by atoms with Gasteiger partial charge in [-0.05, 0) is 44.2 Å². The van der Waals surface area contributed by atoms with Crippen molar-refractivity contribution in [1.82, 2.24) is 9.78 Å². The van der Waals surface area contributed by atoms with E-state index < -0.39 is 11.9 Å². The van der Waals surface area contributed by atoms with Crippen molar-refractivity contribution in [2.75, 3.05) is 19.0 Å². The fraction of sp³-hybridized carbons (Fsp3) is 0.278. The topological polar surface area (TPSA) is 82.4 Å². The normalized spacial score (nSPS) is 10.7. The van der Waals surface area contributed by atoms with Crippen molar-refractivity contribution in [2.24, 2.45) is 7.05 Å². The van der Waals surface area contributed by atoms with Crippen LogP contribution in [0.5, 0.6) is 5.75 Å². The average molecular weight is 343 g/mol. The molecule has 1 aromatic carbocycles. The summed E-state index contributed by atoms with van der Waals surface area (Å²) < 4.78 is 11.7. The van der Waals surface area contributed by atoms with Gasteiger partial charge in [0.15, 0.2) is 6.61 Å². The third kappa shape index (κ3) is 4.94. The van der Waals surface area contributed by atoms with Crippen molar-refractivity contribution in [3.63, 3.8) is 0 Å². The Labute approximate surface area is 146 Å². The molecular weight excluding hydrogens is 322 g/mol. The molecule has 1 amide bonds. The van der Waals surface area contributed by atoms with Gasteiger partial charge in [0.1, 0.15) is 5.75 Å². The zero-order valence-electron chi connectivity index (χ0n) is 14.7. The Morgan fingerprint density at radius 1 is 1.24 bits per heavy atom. The van der Waals surface area contributed by atoms with E-state index in [-0.39, 0.29) is 6.61 Å². The summed E-state index contributed by atoms with van der Waals surface area (Å²) in [4.78, 5) is 23.6. The third-order valence-electron chi connectivity index (χ3n) is 3.67. The molecule has 0 aliphatic heterocycles. The van der Waals surface area contributed by atoms with Gasteiger partial charge in [-0.2, -0.15) is 5.10 Å². The largest absolute Gasteiger partial charge is 0.497 e. The number of hydrogen-bond acceptors (Lipinski definition) is 5. The molecule has 0 spiro atoms. The molecule has 0 fully saturated rings. The number of aromatic nitrogens is 2. The second kappa shape index (κ2) is 8.14. The predicted molar refractivity (Wildman–Crippen MR) is 94.3 cm³/mol. The smallest absolute Gasteiger partial charge is 0.331 e. The van der Waals surface area contributed by atoms with Crippen LogP contribution in [-0.2, 0) is 21.4 Å². The predicted octanol–water partition coefficient (Wildman–Crippen LogP) is 2.24. The number of methoxy groups -OCH3 is 1. The minimum Gasteiger partial charge on any atom is -0.497 e. The summed E-state index contributed by atoms with van der Waals surface area (Å²) in [6.45, 7) is 3.41. The number of benzene rings is 1. The van der Waals surface area contributed by atoms with E-state index in [2.05, 4.69) is 10.4 Å². The maximum atomic E-state index is 11.8. The molecular formula is C18H21N3O4. The van der Waals surface area contributed by atoms with Gasteiger partial charge in [-0.15, -0.1) is 0 Å². The molecule has 1 N–H and O–H groups in total. The highest BCUT2D eigenvalue weighted by Crippen LogP contribution is 2.15. The molecule has 0 radical (unpaired) electrons. The van der Waals surface area contributed by atoms with E-state index in [0.717, 1.165) is 17.0 Å². The lowest BCUT2D eigenvalue weighted by molar-refractivity contribution is -0.142. The van der Waals surface area contributed by atoms with Crippen LogP contribution < -0.4 is 10.1 Å². The molecule has 132 valence electrons. The molecule has 1 aromatic heterocycles. The average Bonchev–Trinajstić information content (AvgIpc) is 2.84. The molecule has 0 unspecified atom stereocenters. The van der Waals surface area contributed by atoms with Crippen molar-refractivity contribution in [2.45, 2.75) is 13.8 Å². The van der Waals surface area contributed by atoms with Crippen molar-refractivity contribution >= 4 is 23.6 Å². The Kier molecular flexibility index (Phi) is 5.94. The number of nitrogens with one attached hydrogen (secondary N) is 1. The highest BCUT2D eigenvalue weighted by Gasteiger charge is 2.08. The molecule has 2 rings (SSSR count). The van der Waals surface area contributed by atoms with Crippen LogP contribution in [0.3, 0.4) is 0 Å². The fourth-order valence-electron chi connectivity index (χ4n) is 2.24. The summed E-state index contributed by atoms with van der Waals surface area (Å²) in [5.41, 5.74) is 3.22. The second-order valence-electron chi connectivity index (χ2n) is 5.43. The molecule has 7 heteroatoms. The first-order valence-electron chi connectivity index (χ1n) is 7.69. The van der Waals surface area contributed by atoms with Crippen molar-refractivity contribution in [3.8, 4) is 5.75 Å². The van der Waals surface area contributed by atoms with E-state index in [1.807, 2.05) is 20.9 Å². The van der Waals surface area contributed by atoms with Crippen LogP contribution in [0, 0.1) is 13.8 Å². The molecule has 0 aliphatic rings. The minimum atomic E-state index is -0.590. The summed E-state index contributed by atoms with van der Waals surface area (Å²) in [6, 6.07) is 6.85. The van der Waals surface area contributed by atoms with Crippen LogP contribution in [0.1, 0.15) is 17.0 Å². The number of aryl methyl sites for hydroxylation is 2. The van der Waals surface area contributed by atoms with Crippen molar-refractivity contribution in [3.05, 3.63) is 47.3 Å². The second-order valence-corrected chi connectivity index (χ2v) is 5.43. The summed E-state index contributed by atoms with van der Waals surface area (Å²) in [5.74, 6) is -0.316. The lowest BCUT2D eigenvalue weighted by Crippen LogP contribution is -2.20. The maximum Gasteiger partial charge on any atom is 0.331 e. The summed E-state index contributed by atoms with van der Waals surface area (Å²) >= 11 is 0. The van der Waals surface area contributed by atoms with E-state index in [1.165, 1.54) is 6.08 Å². The molecule has 0 saturated heterocycles. The molecule has 0 bridgehead atoms. The summed E-state index contributed by atoms with van der Waals surface area (Å²) in [5, 5.41) is 6.90. The first-order valence-corrected chi connectivity index (χ1v) is 7.69. The Morgan fingerprint density at radius 2 is 1.92 bits per heavy atom. The van der Waals surface area contributed by atoms with Crippen molar-refractivity contribution < 1.29 is 19.1 Å². The van der Waals surface area contributed by atoms with Crippen LogP contribution in [0.4, 0.5) is 5.69 Å². The van der Waals surface area contributed by atoms with Crippen LogP contribution in [0.15, 0.2) is 30.3 Å². The number of carbonyl (C=O) groups is 2. The van der Waals surface area contributed by atoms with Gasteiger partial charge < -0.3 is 14.8 Å². The summed E-state index contributed by atoms with van der Waals surface area (Å²) in [6.07, 6.45) is 2.93. The highest BCUT2D eigenvalue weighted by atomic mass is 16.5. The van der Waals surface area contributed by atoms with Crippen LogP contribution >= 0.6 is 0 Å². The first-order chi connectivity index (χ1) is 11.9. The van der Waals surface area contributed by atoms with Crippen LogP contribution in [-0.4, -0.2) is 35.4 Å². The quantitative estimate of drug-likeness (QED) is 0.642. The molecule has 0 atom stereocenters. The van der Waals surface area contributed by atoms with E-state index in [1.54, 1.807) is 42.1 Å². The highest BCUT2D eigenvalue weighted by molar-refractivity contribution is 5.94. The Bertz CT molecular complexity index is 791. The van der Waals surface area contributed by atoms with Gasteiger partial charge in [-0.1, -0.05) is 0 Å². The van der Waals surface area contributed by atoms with E-state index in [0.29, 0.717) is 11.4 Å². The Balaban J connectivity index is 1.84. The number of ether oxygens (including phenoxy) is 2. The fourth-order valence-corrected chi connectivity index (χ4v) is 2.24. The van der Waals surface area contributed by atoms with Gasteiger partial charge in [0.05, 0.1) is 12.8 Å². The SMILES string of the molecule is COc1ccc(NC(=O)COC(=O)/C=C/c2c(C)nn(C)c2C)cc1. The number of rotatable bonds is 6. The zero-order valence-corrected chi connectivity index (χ0v) is 14.7. The molecule has 0 aliphatic carbocycles. The van der Waals surface area contributed by atoms with E-state index in [4.69, 9.17) is 9.47 Å². The maximum absolute atomic E-state index is 11.8. The van der Waals surface area contributed by atoms with Gasteiger partial charge >= 0.3 is 5.97 Å². The van der Waals surface area contributed by atoms with Gasteiger partial charge in [0.25, 0.3) is 5.91 Å². The standard InChI is InChI=1S/C18H21N3O4/c1-12-16(13(2)21(3)20-12)9-10-18(23)25-11-17(22)19-14-5-7-15(24-4)8-6-14/h5-10H,11H2,1-4H3,(H,19,22)/b10-9+. The molecule has 2 aromatic rings. The van der Waals surface area contributed by atoms with Gasteiger partial charge in [-0.3, -0.25) is 9.48 Å². The number of amides is 1. The number of nitrogens with zero attached hydrogens (tertiary/aromatic N) is 2. The third-order valence-corrected chi connectivity index (χ3v) is 3.67. The first kappa shape index (κ1) is 18.3. The number of esters is 1. The van der Waals surface area contributed by atoms with E-state index >= 15 is 0 Å². The Hall–Kier alpha value is -3.09. The lowest BCUT2D eigenvalue weighted by atomic mass is 10.2. The zero-order chi connectivity index (χ0) is 18.4. The lowest BCUT2D eigenvalue weighted by Gasteiger charge is -2.06. The molecule has 7 nitrogen and oxygen atoms in total. The van der Waals surface area contributed by atoms with Crippen LogP contribution in [0.2, 0.25) is 0 Å².